The first-order valence-electron chi connectivity index (χ1n) is 10.8. The van der Waals surface area contributed by atoms with E-state index in [1.807, 2.05) is 0 Å². The van der Waals surface area contributed by atoms with Crippen molar-refractivity contribution in [3.05, 3.63) is 0 Å². The van der Waals surface area contributed by atoms with Crippen LogP contribution in [0.4, 0.5) is 0 Å². The lowest BCUT2D eigenvalue weighted by Crippen LogP contribution is -2.10. The molecule has 0 saturated heterocycles. The van der Waals surface area contributed by atoms with E-state index < -0.39 is 8.60 Å². The van der Waals surface area contributed by atoms with Gasteiger partial charge in [0.2, 0.25) is 0 Å². The highest BCUT2D eigenvalue weighted by molar-refractivity contribution is 7.38. The maximum atomic E-state index is 8.98. The van der Waals surface area contributed by atoms with Crippen molar-refractivity contribution in [1.29, 1.82) is 0 Å². The molecule has 0 aromatic carbocycles. The summed E-state index contributed by atoms with van der Waals surface area (Å²) in [5.74, 6) is 0.102. The van der Waals surface area contributed by atoms with E-state index >= 15 is 0 Å². The van der Waals surface area contributed by atoms with E-state index in [0.717, 1.165) is 19.3 Å². The highest BCUT2D eigenvalue weighted by Gasteiger charge is 2.04. The van der Waals surface area contributed by atoms with Crippen molar-refractivity contribution in [1.82, 2.24) is 0 Å². The first-order valence-corrected chi connectivity index (χ1v) is 12.0. The van der Waals surface area contributed by atoms with E-state index in [0.29, 0.717) is 6.61 Å². The van der Waals surface area contributed by atoms with Gasteiger partial charge in [-0.25, -0.2) is 0 Å². The van der Waals surface area contributed by atoms with Crippen LogP contribution in [0.3, 0.4) is 0 Å². The first-order chi connectivity index (χ1) is 13.1. The molecule has 0 radical (unpaired) electrons. The Labute approximate surface area is 167 Å². The van der Waals surface area contributed by atoms with Crippen LogP contribution in [0.25, 0.3) is 0 Å². The van der Waals surface area contributed by atoms with Gasteiger partial charge in [-0.1, -0.05) is 89.9 Å². The Morgan fingerprint density at radius 3 is 0.963 bits per heavy atom. The molecule has 0 saturated carbocycles. The minimum Gasteiger partial charge on any atom is -0.396 e. The summed E-state index contributed by atoms with van der Waals surface area (Å²) >= 11 is 0. The van der Waals surface area contributed by atoms with E-state index in [2.05, 4.69) is 0 Å². The molecule has 0 rings (SSSR count). The third-order valence-corrected chi connectivity index (χ3v) is 4.79. The second-order valence-electron chi connectivity index (χ2n) is 7.32. The molecule has 0 aromatic rings. The Kier molecular flexibility index (Phi) is 28.5. The summed E-state index contributed by atoms with van der Waals surface area (Å²) in [5.41, 5.74) is 0. The second kappa shape index (κ2) is 26.2. The van der Waals surface area contributed by atoms with Gasteiger partial charge in [0.25, 0.3) is 0 Å². The lowest BCUT2D eigenvalue weighted by Gasteiger charge is -2.09. The molecule has 6 N–H and O–H groups in total. The summed E-state index contributed by atoms with van der Waals surface area (Å²) in [6.45, 7) is 0.601. The van der Waals surface area contributed by atoms with Crippen molar-refractivity contribution in [3.8, 4) is 0 Å². The van der Waals surface area contributed by atoms with Crippen molar-refractivity contribution in [2.24, 2.45) is 5.92 Å². The molecule has 166 valence electrons. The summed E-state index contributed by atoms with van der Waals surface area (Å²) < 4.78 is 0. The van der Waals surface area contributed by atoms with Gasteiger partial charge in [-0.3, -0.25) is 0 Å². The van der Waals surface area contributed by atoms with Gasteiger partial charge in [0.05, 0.1) is 0 Å². The summed E-state index contributed by atoms with van der Waals surface area (Å²) in [5, 5.41) is 26.7. The first kappa shape index (κ1) is 29.4. The number of hydrogen-bond donors (Lipinski definition) is 6. The van der Waals surface area contributed by atoms with Crippen LogP contribution in [0.15, 0.2) is 0 Å². The Morgan fingerprint density at radius 1 is 0.444 bits per heavy atom. The van der Waals surface area contributed by atoms with Crippen molar-refractivity contribution in [2.75, 3.05) is 19.8 Å². The summed E-state index contributed by atoms with van der Waals surface area (Å²) in [6, 6.07) is 0. The normalized spacial score (nSPS) is 11.1. The third kappa shape index (κ3) is 31.1. The SMILES string of the molecule is OCCCCCCCCCCCCCCCCCC(CO)CO.OP(O)O. The maximum Gasteiger partial charge on any atom is 0.324 e. The Hall–Kier alpha value is 0.190. The monoisotopic (exact) mass is 412 g/mol. The molecular weight excluding hydrogens is 367 g/mol. The van der Waals surface area contributed by atoms with Crippen molar-refractivity contribution < 1.29 is 30.0 Å². The van der Waals surface area contributed by atoms with Crippen molar-refractivity contribution in [3.63, 3.8) is 0 Å². The van der Waals surface area contributed by atoms with Crippen LogP contribution in [-0.4, -0.2) is 49.8 Å². The van der Waals surface area contributed by atoms with Crippen LogP contribution in [0.5, 0.6) is 0 Å². The standard InChI is InChI=1S/C20H42O3.H3O3P/c21-17-15-13-11-9-7-5-3-1-2-4-6-8-10-12-14-16-20(18-22)19-23;1-4(2)3/h20-23H,1-19H2;1-3H. The minimum absolute atomic E-state index is 0.102. The number of hydrogen-bond acceptors (Lipinski definition) is 6. The molecule has 0 atom stereocenters. The molecule has 0 aromatic heterocycles. The van der Waals surface area contributed by atoms with E-state index in [1.54, 1.807) is 0 Å². The smallest absolute Gasteiger partial charge is 0.324 e. The van der Waals surface area contributed by atoms with Crippen LogP contribution >= 0.6 is 8.60 Å². The molecule has 0 bridgehead atoms. The van der Waals surface area contributed by atoms with Gasteiger partial charge in [-0.05, 0) is 12.8 Å². The highest BCUT2D eigenvalue weighted by Crippen LogP contribution is 2.15. The fourth-order valence-corrected chi connectivity index (χ4v) is 3.08. The lowest BCUT2D eigenvalue weighted by molar-refractivity contribution is 0.141. The van der Waals surface area contributed by atoms with Gasteiger partial charge in [0.1, 0.15) is 0 Å². The van der Waals surface area contributed by atoms with Crippen LogP contribution in [-0.2, 0) is 0 Å². The molecule has 6 nitrogen and oxygen atoms in total. The van der Waals surface area contributed by atoms with Crippen LogP contribution in [0, 0.1) is 5.92 Å². The van der Waals surface area contributed by atoms with E-state index in [1.165, 1.54) is 83.5 Å². The second-order valence-corrected chi connectivity index (χ2v) is 7.85. The third-order valence-electron chi connectivity index (χ3n) is 4.79. The summed E-state index contributed by atoms with van der Waals surface area (Å²) in [7, 11) is -2.62. The molecule has 0 unspecified atom stereocenters. The van der Waals surface area contributed by atoms with Crippen molar-refractivity contribution >= 4 is 8.60 Å². The number of aliphatic hydroxyl groups is 3. The van der Waals surface area contributed by atoms with E-state index in [-0.39, 0.29) is 19.1 Å². The van der Waals surface area contributed by atoms with Gasteiger partial charge >= 0.3 is 8.60 Å². The molecule has 0 aliphatic heterocycles. The van der Waals surface area contributed by atoms with Crippen LogP contribution < -0.4 is 0 Å². The van der Waals surface area contributed by atoms with E-state index in [4.69, 9.17) is 30.0 Å². The molecule has 27 heavy (non-hydrogen) atoms. The van der Waals surface area contributed by atoms with Gasteiger partial charge in [-0.15, -0.1) is 0 Å². The van der Waals surface area contributed by atoms with E-state index in [9.17, 15) is 0 Å². The fourth-order valence-electron chi connectivity index (χ4n) is 3.08. The molecule has 0 heterocycles. The lowest BCUT2D eigenvalue weighted by atomic mass is 10.0. The number of rotatable bonds is 19. The molecule has 0 amide bonds. The predicted molar refractivity (Wildman–Crippen MR) is 112 cm³/mol. The molecule has 0 fully saturated rings. The summed E-state index contributed by atoms with van der Waals surface area (Å²) in [4.78, 5) is 21.7. The Bertz CT molecular complexity index is 250. The maximum absolute atomic E-state index is 8.98. The molecule has 0 aliphatic rings. The Morgan fingerprint density at radius 2 is 0.704 bits per heavy atom. The number of unbranched alkanes of at least 4 members (excludes halogenated alkanes) is 14. The zero-order valence-electron chi connectivity index (χ0n) is 17.1. The van der Waals surface area contributed by atoms with Gasteiger partial charge in [-0.2, -0.15) is 0 Å². The zero-order chi connectivity index (χ0) is 20.6. The van der Waals surface area contributed by atoms with Gasteiger partial charge in [0.15, 0.2) is 0 Å². The van der Waals surface area contributed by atoms with Crippen LogP contribution in [0.1, 0.15) is 103 Å². The van der Waals surface area contributed by atoms with Gasteiger partial charge < -0.3 is 30.0 Å². The van der Waals surface area contributed by atoms with Gasteiger partial charge in [0, 0.05) is 25.7 Å². The molecule has 0 spiro atoms. The topological polar surface area (TPSA) is 121 Å². The quantitative estimate of drug-likeness (QED) is 0.141. The largest absolute Gasteiger partial charge is 0.396 e. The fraction of sp³-hybridized carbons (Fsp3) is 1.00. The summed E-state index contributed by atoms with van der Waals surface area (Å²) in [6.07, 6.45) is 20.5. The molecule has 0 aliphatic carbocycles. The highest BCUT2D eigenvalue weighted by atomic mass is 31.2. The Balaban J connectivity index is 0. The zero-order valence-corrected chi connectivity index (χ0v) is 18.0. The predicted octanol–water partition coefficient (Wildman–Crippen LogP) is 4.01. The number of aliphatic hydroxyl groups excluding tert-OH is 3. The average Bonchev–Trinajstić information content (AvgIpc) is 2.64. The average molecular weight is 413 g/mol. The molecular formula is C20H45O6P. The van der Waals surface area contributed by atoms with Crippen LogP contribution in [0.2, 0.25) is 0 Å². The minimum atomic E-state index is -2.62. The van der Waals surface area contributed by atoms with Crippen molar-refractivity contribution in [2.45, 2.75) is 103 Å². The molecule has 7 heteroatoms.